The van der Waals surface area contributed by atoms with Gasteiger partial charge in [0, 0.05) is 36.6 Å². The van der Waals surface area contributed by atoms with Crippen LogP contribution in [0, 0.1) is 0 Å². The molecule has 1 atom stereocenters. The van der Waals surface area contributed by atoms with E-state index in [1.165, 1.54) is 12.7 Å². The molecule has 2 N–H and O–H groups in total. The molecule has 0 saturated carbocycles. The summed E-state index contributed by atoms with van der Waals surface area (Å²) in [4.78, 5) is 15.0. The number of aliphatic hydroxyl groups is 1. The van der Waals surface area contributed by atoms with Crippen LogP contribution in [0.25, 0.3) is 11.1 Å². The van der Waals surface area contributed by atoms with Crippen molar-refractivity contribution in [2.24, 2.45) is 0 Å². The lowest BCUT2D eigenvalue weighted by Gasteiger charge is -2.26. The molecule has 0 aliphatic heterocycles. The first-order chi connectivity index (χ1) is 26.0. The normalized spacial score (nSPS) is 11.5. The molecule has 0 saturated heterocycles. The monoisotopic (exact) mass is 706 g/mol. The van der Waals surface area contributed by atoms with Crippen LogP contribution in [0.15, 0.2) is 152 Å². The largest absolute Gasteiger partial charge is 0.493 e. The van der Waals surface area contributed by atoms with Gasteiger partial charge >= 0.3 is 5.97 Å². The van der Waals surface area contributed by atoms with Crippen molar-refractivity contribution in [3.05, 3.63) is 179 Å². The van der Waals surface area contributed by atoms with Crippen LogP contribution in [0.3, 0.4) is 0 Å². The Morgan fingerprint density at radius 2 is 1.34 bits per heavy atom. The number of rotatable bonds is 17. The molecule has 0 fully saturated rings. The number of ether oxygens (including phenoxy) is 3. The van der Waals surface area contributed by atoms with Gasteiger partial charge < -0.3 is 24.6 Å². The number of hydrogen-bond donors (Lipinski definition) is 2. The van der Waals surface area contributed by atoms with Gasteiger partial charge in [-0.3, -0.25) is 4.90 Å². The second-order valence-corrected chi connectivity index (χ2v) is 12.8. The Morgan fingerprint density at radius 1 is 0.698 bits per heavy atom. The fourth-order valence-corrected chi connectivity index (χ4v) is 6.25. The Hall–Kier alpha value is -5.89. The highest BCUT2D eigenvalue weighted by Gasteiger charge is 2.20. The minimum atomic E-state index is -0.841. The minimum absolute atomic E-state index is 0.282. The van der Waals surface area contributed by atoms with E-state index in [4.69, 9.17) is 14.2 Å². The number of carbonyl (C=O) groups is 1. The molecule has 0 aliphatic rings. The number of hydrogen-bond acceptors (Lipinski definition) is 7. The number of esters is 1. The van der Waals surface area contributed by atoms with E-state index in [2.05, 4.69) is 64.8 Å². The van der Waals surface area contributed by atoms with E-state index >= 15 is 0 Å². The van der Waals surface area contributed by atoms with Crippen LogP contribution in [0.1, 0.15) is 45.6 Å². The summed E-state index contributed by atoms with van der Waals surface area (Å²) in [5.74, 6) is 0.758. The van der Waals surface area contributed by atoms with E-state index < -0.39 is 12.1 Å². The van der Waals surface area contributed by atoms with Gasteiger partial charge in [0.2, 0.25) is 0 Å². The van der Waals surface area contributed by atoms with Crippen LogP contribution in [0.4, 0.5) is 11.4 Å². The maximum absolute atomic E-state index is 12.8. The van der Waals surface area contributed by atoms with Gasteiger partial charge in [-0.1, -0.05) is 109 Å². The third kappa shape index (κ3) is 10.3. The highest BCUT2D eigenvalue weighted by molar-refractivity contribution is 5.92. The maximum atomic E-state index is 12.8. The number of aliphatic hydroxyl groups excluding tert-OH is 1. The first-order valence-corrected chi connectivity index (χ1v) is 18.0. The van der Waals surface area contributed by atoms with Gasteiger partial charge in [-0.15, -0.1) is 0 Å². The molecule has 0 aliphatic carbocycles. The predicted octanol–water partition coefficient (Wildman–Crippen LogP) is 9.64. The maximum Gasteiger partial charge on any atom is 0.341 e. The number of nitrogens with zero attached hydrogens (tertiary/aromatic N) is 1. The zero-order valence-electron chi connectivity index (χ0n) is 30.3. The fourth-order valence-electron chi connectivity index (χ4n) is 6.25. The number of benzene rings is 6. The summed E-state index contributed by atoms with van der Waals surface area (Å²) < 4.78 is 17.0. The first-order valence-electron chi connectivity index (χ1n) is 18.0. The van der Waals surface area contributed by atoms with Gasteiger partial charge in [0.25, 0.3) is 0 Å². The molecule has 0 heterocycles. The first kappa shape index (κ1) is 36.9. The molecule has 0 bridgehead atoms. The molecule has 6 aromatic carbocycles. The lowest BCUT2D eigenvalue weighted by atomic mass is 10.0. The van der Waals surface area contributed by atoms with E-state index in [-0.39, 0.29) is 5.56 Å². The van der Waals surface area contributed by atoms with E-state index in [1.807, 2.05) is 91.9 Å². The number of nitrogens with one attached hydrogen (secondary N) is 1. The van der Waals surface area contributed by atoms with Gasteiger partial charge in [-0.25, -0.2) is 4.79 Å². The Bertz CT molecular complexity index is 2040. The molecular weight excluding hydrogens is 661 g/mol. The average molecular weight is 707 g/mol. The van der Waals surface area contributed by atoms with E-state index in [0.29, 0.717) is 37.6 Å². The summed E-state index contributed by atoms with van der Waals surface area (Å²) in [6.45, 7) is 4.67. The van der Waals surface area contributed by atoms with Crippen molar-refractivity contribution < 1.29 is 24.1 Å². The van der Waals surface area contributed by atoms with E-state index in [9.17, 15) is 9.90 Å². The molecule has 0 radical (unpaired) electrons. The lowest BCUT2D eigenvalue weighted by molar-refractivity contribution is 0.0594. The van der Waals surface area contributed by atoms with Crippen molar-refractivity contribution in [3.8, 4) is 22.6 Å². The standard InChI is InChI=1S/C46H46N2O5/c1-3-52-44-26-24-40(30-41(44)37-17-11-6-12-18-37)47-39-22-19-34(20-23-39)27-28-48(31-35-13-7-4-8-14-35)32-43(49)38-21-25-45(42(29-38)46(50)51-2)53-33-36-15-9-5-10-16-36/h4-26,29-30,43,47,49H,3,27-28,31-33H2,1-2H3. The van der Waals surface area contributed by atoms with Crippen molar-refractivity contribution in [2.75, 3.05) is 32.1 Å². The van der Waals surface area contributed by atoms with Crippen molar-refractivity contribution in [2.45, 2.75) is 32.6 Å². The third-order valence-corrected chi connectivity index (χ3v) is 9.03. The third-order valence-electron chi connectivity index (χ3n) is 9.03. The molecule has 7 heteroatoms. The topological polar surface area (TPSA) is 80.3 Å². The Kier molecular flexibility index (Phi) is 12.9. The zero-order chi connectivity index (χ0) is 36.8. The summed E-state index contributed by atoms with van der Waals surface area (Å²) in [6.07, 6.45) is -0.0486. The molecule has 1 unspecified atom stereocenters. The number of methoxy groups -OCH3 is 1. The highest BCUT2D eigenvalue weighted by Crippen LogP contribution is 2.34. The summed E-state index contributed by atoms with van der Waals surface area (Å²) >= 11 is 0. The average Bonchev–Trinajstić information content (AvgIpc) is 3.21. The van der Waals surface area contributed by atoms with Crippen molar-refractivity contribution in [1.29, 1.82) is 0 Å². The summed E-state index contributed by atoms with van der Waals surface area (Å²) in [7, 11) is 1.35. The molecular formula is C46H46N2O5. The zero-order valence-corrected chi connectivity index (χ0v) is 30.3. The second-order valence-electron chi connectivity index (χ2n) is 12.8. The quantitative estimate of drug-likeness (QED) is 0.0915. The van der Waals surface area contributed by atoms with Crippen molar-refractivity contribution in [3.63, 3.8) is 0 Å². The molecule has 0 spiro atoms. The van der Waals surface area contributed by atoms with Gasteiger partial charge in [-0.05, 0) is 83.6 Å². The van der Waals surface area contributed by atoms with Crippen LogP contribution in [0.5, 0.6) is 11.5 Å². The van der Waals surface area contributed by atoms with Crippen LogP contribution in [-0.2, 0) is 24.3 Å². The Labute approximate surface area is 312 Å². The Morgan fingerprint density at radius 3 is 2.02 bits per heavy atom. The van der Waals surface area contributed by atoms with E-state index in [0.717, 1.165) is 52.3 Å². The molecule has 6 aromatic rings. The molecule has 0 aromatic heterocycles. The van der Waals surface area contributed by atoms with E-state index in [1.54, 1.807) is 12.1 Å². The summed E-state index contributed by atoms with van der Waals surface area (Å²) in [5, 5.41) is 15.1. The van der Waals surface area contributed by atoms with Crippen molar-refractivity contribution in [1.82, 2.24) is 4.90 Å². The predicted molar refractivity (Wildman–Crippen MR) is 212 cm³/mol. The molecule has 53 heavy (non-hydrogen) atoms. The van der Waals surface area contributed by atoms with Gasteiger partial charge in [0.05, 0.1) is 19.8 Å². The summed E-state index contributed by atoms with van der Waals surface area (Å²) in [6, 6.07) is 50.2. The van der Waals surface area contributed by atoms with Gasteiger partial charge in [-0.2, -0.15) is 0 Å². The fraction of sp³-hybridized carbons (Fsp3) is 0.196. The number of anilines is 2. The number of carbonyl (C=O) groups excluding carboxylic acids is 1. The smallest absolute Gasteiger partial charge is 0.341 e. The van der Waals surface area contributed by atoms with Crippen LogP contribution >= 0.6 is 0 Å². The van der Waals surface area contributed by atoms with Gasteiger partial charge in [0.15, 0.2) is 0 Å². The SMILES string of the molecule is CCOc1ccc(Nc2ccc(CCN(Cc3ccccc3)CC(O)c3ccc(OCc4ccccc4)c(C(=O)OC)c3)cc2)cc1-c1ccccc1. The molecule has 0 amide bonds. The molecule has 7 nitrogen and oxygen atoms in total. The summed E-state index contributed by atoms with van der Waals surface area (Å²) in [5.41, 5.74) is 8.36. The highest BCUT2D eigenvalue weighted by atomic mass is 16.5. The molecule has 6 rings (SSSR count). The molecule has 270 valence electrons. The van der Waals surface area contributed by atoms with Crippen LogP contribution < -0.4 is 14.8 Å². The van der Waals surface area contributed by atoms with Crippen LogP contribution in [-0.4, -0.2) is 42.8 Å². The van der Waals surface area contributed by atoms with Crippen LogP contribution in [0.2, 0.25) is 0 Å². The minimum Gasteiger partial charge on any atom is -0.493 e. The van der Waals surface area contributed by atoms with Gasteiger partial charge in [0.1, 0.15) is 23.7 Å². The second kappa shape index (κ2) is 18.6. The van der Waals surface area contributed by atoms with Crippen molar-refractivity contribution >= 4 is 17.3 Å². The Balaban J connectivity index is 1.13. The lowest BCUT2D eigenvalue weighted by Crippen LogP contribution is -2.30.